The number of anilines is 3. The van der Waals surface area contributed by atoms with Crippen molar-refractivity contribution in [1.29, 1.82) is 0 Å². The van der Waals surface area contributed by atoms with Crippen molar-refractivity contribution in [2.45, 2.75) is 61.3 Å². The van der Waals surface area contributed by atoms with E-state index in [-0.39, 0.29) is 0 Å². The summed E-state index contributed by atoms with van der Waals surface area (Å²) in [4.78, 5) is 2.42. The maximum Gasteiger partial charge on any atom is 0.0468 e. The minimum atomic E-state index is 1.03. The minimum absolute atomic E-state index is 1.03. The van der Waals surface area contributed by atoms with E-state index in [9.17, 15) is 0 Å². The summed E-state index contributed by atoms with van der Waals surface area (Å²) in [7, 11) is 0. The number of fused-ring (bicyclic) bond motifs is 3. The van der Waals surface area contributed by atoms with Crippen molar-refractivity contribution in [3.8, 4) is 0 Å². The van der Waals surface area contributed by atoms with Gasteiger partial charge in [0.2, 0.25) is 0 Å². The van der Waals surface area contributed by atoms with E-state index >= 15 is 0 Å². The number of rotatable bonds is 5. The van der Waals surface area contributed by atoms with Gasteiger partial charge in [0.25, 0.3) is 0 Å². The van der Waals surface area contributed by atoms with Gasteiger partial charge in [-0.15, -0.1) is 0 Å². The Bertz CT molecular complexity index is 1550. The Morgan fingerprint density at radius 3 is 1.39 bits per heavy atom. The van der Waals surface area contributed by atoms with Crippen molar-refractivity contribution in [2.24, 2.45) is 0 Å². The second-order valence-electron chi connectivity index (χ2n) is 10.3. The van der Waals surface area contributed by atoms with Gasteiger partial charge in [-0.3, -0.25) is 0 Å². The van der Waals surface area contributed by atoms with Crippen LogP contribution >= 0.6 is 0 Å². The van der Waals surface area contributed by atoms with Crippen LogP contribution in [0.5, 0.6) is 0 Å². The zero-order valence-corrected chi connectivity index (χ0v) is 22.8. The highest BCUT2D eigenvalue weighted by molar-refractivity contribution is 6.12. The van der Waals surface area contributed by atoms with Crippen molar-refractivity contribution in [2.75, 3.05) is 4.90 Å². The zero-order chi connectivity index (χ0) is 25.6. The van der Waals surface area contributed by atoms with Crippen molar-refractivity contribution in [1.82, 2.24) is 0 Å². The predicted molar refractivity (Wildman–Crippen MR) is 159 cm³/mol. The molecule has 0 N–H and O–H groups in total. The highest BCUT2D eigenvalue weighted by Gasteiger charge is 2.18. The fourth-order valence-corrected chi connectivity index (χ4v) is 5.61. The molecule has 0 spiro atoms. The molecular formula is C35H37N. The fraction of sp³-hybridized carbons (Fsp3) is 0.257. The molecule has 0 unspecified atom stereocenters. The number of hydrogen-bond acceptors (Lipinski definition) is 1. The molecule has 5 rings (SSSR count). The molecule has 0 heterocycles. The Hall–Kier alpha value is -3.58. The summed E-state index contributed by atoms with van der Waals surface area (Å²) < 4.78 is 0. The predicted octanol–water partition coefficient (Wildman–Crippen LogP) is 10.1. The van der Waals surface area contributed by atoms with Crippen LogP contribution in [0.15, 0.2) is 72.8 Å². The molecule has 0 amide bonds. The first kappa shape index (κ1) is 24.1. The molecule has 0 aliphatic carbocycles. The summed E-state index contributed by atoms with van der Waals surface area (Å²) in [6, 6.07) is 27.6. The number of hydrogen-bond donors (Lipinski definition) is 0. The second-order valence-corrected chi connectivity index (χ2v) is 10.3. The van der Waals surface area contributed by atoms with Gasteiger partial charge in [0.05, 0.1) is 0 Å². The van der Waals surface area contributed by atoms with Crippen LogP contribution in [0.2, 0.25) is 0 Å². The quantitative estimate of drug-likeness (QED) is 0.230. The third kappa shape index (κ3) is 4.07. The van der Waals surface area contributed by atoms with Crippen LogP contribution in [-0.2, 0) is 12.8 Å². The van der Waals surface area contributed by atoms with E-state index in [1.54, 1.807) is 0 Å². The molecule has 1 heteroatoms. The SMILES string of the molecule is CCc1c(CC)c2cc(N(c3ccc(C)c(C)c3)c3ccc(C)c(C)c3)ccc2c2ccc(C)cc12. The van der Waals surface area contributed by atoms with Gasteiger partial charge in [-0.25, -0.2) is 0 Å². The van der Waals surface area contributed by atoms with E-state index in [4.69, 9.17) is 0 Å². The minimum Gasteiger partial charge on any atom is -0.310 e. The molecule has 182 valence electrons. The van der Waals surface area contributed by atoms with E-state index in [2.05, 4.69) is 126 Å². The molecule has 0 aliphatic heterocycles. The first-order valence-electron chi connectivity index (χ1n) is 13.2. The molecular weight excluding hydrogens is 434 g/mol. The van der Waals surface area contributed by atoms with Crippen LogP contribution in [0.25, 0.3) is 21.5 Å². The summed E-state index contributed by atoms with van der Waals surface area (Å²) in [5, 5.41) is 5.50. The van der Waals surface area contributed by atoms with E-state index in [0.29, 0.717) is 0 Å². The maximum absolute atomic E-state index is 2.43. The normalized spacial score (nSPS) is 11.4. The molecule has 0 aromatic heterocycles. The van der Waals surface area contributed by atoms with Gasteiger partial charge in [-0.05, 0) is 139 Å². The molecule has 0 saturated carbocycles. The van der Waals surface area contributed by atoms with Crippen LogP contribution in [0.4, 0.5) is 17.1 Å². The molecule has 0 saturated heterocycles. The summed E-state index contributed by atoms with van der Waals surface area (Å²) in [6.45, 7) is 15.6. The molecule has 0 radical (unpaired) electrons. The summed E-state index contributed by atoms with van der Waals surface area (Å²) >= 11 is 0. The van der Waals surface area contributed by atoms with Crippen LogP contribution < -0.4 is 4.90 Å². The highest BCUT2D eigenvalue weighted by Crippen LogP contribution is 2.41. The monoisotopic (exact) mass is 471 g/mol. The van der Waals surface area contributed by atoms with Crippen LogP contribution in [0.1, 0.15) is 52.8 Å². The number of aryl methyl sites for hydroxylation is 7. The van der Waals surface area contributed by atoms with Gasteiger partial charge in [-0.1, -0.05) is 55.8 Å². The second kappa shape index (κ2) is 9.47. The Balaban J connectivity index is 1.82. The lowest BCUT2D eigenvalue weighted by Crippen LogP contribution is -2.11. The van der Waals surface area contributed by atoms with E-state index in [0.717, 1.165) is 12.8 Å². The Labute approximate surface area is 216 Å². The van der Waals surface area contributed by atoms with Crippen molar-refractivity contribution >= 4 is 38.6 Å². The zero-order valence-electron chi connectivity index (χ0n) is 22.8. The third-order valence-electron chi connectivity index (χ3n) is 7.95. The van der Waals surface area contributed by atoms with Crippen molar-refractivity contribution in [3.05, 3.63) is 112 Å². The summed E-state index contributed by atoms with van der Waals surface area (Å²) in [6.07, 6.45) is 2.07. The molecule has 1 nitrogen and oxygen atoms in total. The van der Waals surface area contributed by atoms with Gasteiger partial charge >= 0.3 is 0 Å². The third-order valence-corrected chi connectivity index (χ3v) is 7.95. The van der Waals surface area contributed by atoms with Crippen molar-refractivity contribution < 1.29 is 0 Å². The van der Waals surface area contributed by atoms with Crippen LogP contribution in [0.3, 0.4) is 0 Å². The van der Waals surface area contributed by atoms with Gasteiger partial charge in [0.15, 0.2) is 0 Å². The van der Waals surface area contributed by atoms with Gasteiger partial charge in [-0.2, -0.15) is 0 Å². The molecule has 5 aromatic carbocycles. The first-order valence-corrected chi connectivity index (χ1v) is 13.2. The molecule has 0 fully saturated rings. The lowest BCUT2D eigenvalue weighted by molar-refractivity contribution is 1.06. The van der Waals surface area contributed by atoms with Gasteiger partial charge in [0, 0.05) is 17.1 Å². The summed E-state index contributed by atoms with van der Waals surface area (Å²) in [5.74, 6) is 0. The molecule has 5 aromatic rings. The lowest BCUT2D eigenvalue weighted by atomic mass is 9.88. The average Bonchev–Trinajstić information content (AvgIpc) is 2.87. The van der Waals surface area contributed by atoms with Crippen LogP contribution in [-0.4, -0.2) is 0 Å². The lowest BCUT2D eigenvalue weighted by Gasteiger charge is -2.28. The Morgan fingerprint density at radius 1 is 0.444 bits per heavy atom. The topological polar surface area (TPSA) is 3.24 Å². The van der Waals surface area contributed by atoms with Crippen molar-refractivity contribution in [3.63, 3.8) is 0 Å². The highest BCUT2D eigenvalue weighted by atomic mass is 15.1. The van der Waals surface area contributed by atoms with E-state index in [1.165, 1.54) is 77.6 Å². The molecule has 0 atom stereocenters. The Morgan fingerprint density at radius 2 is 0.889 bits per heavy atom. The summed E-state index contributed by atoms with van der Waals surface area (Å²) in [5.41, 5.74) is 13.2. The van der Waals surface area contributed by atoms with Gasteiger partial charge < -0.3 is 4.90 Å². The average molecular weight is 472 g/mol. The smallest absolute Gasteiger partial charge is 0.0468 e. The van der Waals surface area contributed by atoms with Crippen LogP contribution in [0, 0.1) is 34.6 Å². The number of nitrogens with zero attached hydrogens (tertiary/aromatic N) is 1. The first-order chi connectivity index (χ1) is 17.3. The fourth-order valence-electron chi connectivity index (χ4n) is 5.61. The largest absolute Gasteiger partial charge is 0.310 e. The molecule has 0 bridgehead atoms. The van der Waals surface area contributed by atoms with E-state index < -0.39 is 0 Å². The molecule has 0 aliphatic rings. The molecule has 36 heavy (non-hydrogen) atoms. The van der Waals surface area contributed by atoms with Gasteiger partial charge in [0.1, 0.15) is 0 Å². The maximum atomic E-state index is 2.43. The number of benzene rings is 5. The van der Waals surface area contributed by atoms with E-state index in [1.807, 2.05) is 0 Å². The standard InChI is InChI=1S/C35H37N/c1-8-30-31(9-2)35-21-29(15-17-33(35)32-16-10-22(3)18-34(30)32)36(27-13-11-23(4)25(6)19-27)28-14-12-24(5)26(7)20-28/h10-21H,8-9H2,1-7H3. The Kier molecular flexibility index (Phi) is 6.35.